The lowest BCUT2D eigenvalue weighted by atomic mass is 10.2. The minimum Gasteiger partial charge on any atom is -0.497 e. The van der Waals surface area contributed by atoms with Crippen LogP contribution in [-0.4, -0.2) is 25.5 Å². The summed E-state index contributed by atoms with van der Waals surface area (Å²) < 4.78 is 5.09. The first kappa shape index (κ1) is 14.0. The van der Waals surface area contributed by atoms with Gasteiger partial charge in [-0.05, 0) is 17.7 Å². The number of carbonyl (C=O) groups is 2. The summed E-state index contributed by atoms with van der Waals surface area (Å²) in [4.78, 5) is 22.4. The van der Waals surface area contributed by atoms with Crippen LogP contribution in [0.2, 0.25) is 0 Å². The van der Waals surface area contributed by atoms with Crippen molar-refractivity contribution in [3.05, 3.63) is 29.8 Å². The van der Waals surface area contributed by atoms with Crippen LogP contribution in [0.3, 0.4) is 0 Å². The minimum atomic E-state index is -0.209. The molecule has 98 valence electrons. The topological polar surface area (TPSA) is 67.4 Å². The fourth-order valence-corrected chi connectivity index (χ4v) is 1.35. The molecule has 0 aromatic heterocycles. The highest BCUT2D eigenvalue weighted by Gasteiger charge is 2.03. The number of ether oxygens (including phenoxy) is 1. The Hall–Kier alpha value is -2.04. The molecule has 0 saturated heterocycles. The van der Waals surface area contributed by atoms with Crippen LogP contribution in [0.15, 0.2) is 24.3 Å². The number of benzene rings is 1. The summed E-state index contributed by atoms with van der Waals surface area (Å²) in [5.41, 5.74) is 0.949. The van der Waals surface area contributed by atoms with Crippen molar-refractivity contribution in [2.24, 2.45) is 0 Å². The predicted octanol–water partition coefficient (Wildman–Crippen LogP) is 0.838. The first-order valence-corrected chi connectivity index (χ1v) is 5.82. The van der Waals surface area contributed by atoms with Crippen LogP contribution in [0.4, 0.5) is 0 Å². The number of nitrogens with one attached hydrogen (secondary N) is 2. The zero-order chi connectivity index (χ0) is 13.4. The Morgan fingerprint density at radius 2 is 2.00 bits per heavy atom. The highest BCUT2D eigenvalue weighted by atomic mass is 16.5. The molecule has 0 heterocycles. The third kappa shape index (κ3) is 4.86. The van der Waals surface area contributed by atoms with Gasteiger partial charge < -0.3 is 15.4 Å². The third-order valence-corrected chi connectivity index (χ3v) is 2.39. The molecule has 1 aromatic carbocycles. The van der Waals surface area contributed by atoms with Gasteiger partial charge in [0, 0.05) is 13.0 Å². The van der Waals surface area contributed by atoms with E-state index in [0.29, 0.717) is 13.0 Å². The summed E-state index contributed by atoms with van der Waals surface area (Å²) in [6.45, 7) is 2.16. The van der Waals surface area contributed by atoms with Crippen LogP contribution >= 0.6 is 0 Å². The van der Waals surface area contributed by atoms with Crippen molar-refractivity contribution in [2.75, 3.05) is 13.7 Å². The second kappa shape index (κ2) is 7.32. The molecule has 1 rings (SSSR count). The fraction of sp³-hybridized carbons (Fsp3) is 0.385. The van der Waals surface area contributed by atoms with Gasteiger partial charge in [0.05, 0.1) is 13.7 Å². The van der Waals surface area contributed by atoms with Gasteiger partial charge in [0.1, 0.15) is 5.75 Å². The molecule has 18 heavy (non-hydrogen) atoms. The van der Waals surface area contributed by atoms with Gasteiger partial charge in [0.2, 0.25) is 11.8 Å². The molecule has 2 N–H and O–H groups in total. The third-order valence-electron chi connectivity index (χ3n) is 2.39. The molecule has 1 aromatic rings. The van der Waals surface area contributed by atoms with E-state index in [-0.39, 0.29) is 18.4 Å². The van der Waals surface area contributed by atoms with Crippen molar-refractivity contribution >= 4 is 11.8 Å². The lowest BCUT2D eigenvalue weighted by Crippen LogP contribution is -2.36. The van der Waals surface area contributed by atoms with E-state index in [2.05, 4.69) is 10.6 Å². The highest BCUT2D eigenvalue weighted by molar-refractivity contribution is 5.84. The SMILES string of the molecule is CCC(=O)NCC(=O)NCc1cccc(OC)c1. The Bertz CT molecular complexity index is 418. The van der Waals surface area contributed by atoms with Gasteiger partial charge in [0.15, 0.2) is 0 Å². The Morgan fingerprint density at radius 1 is 1.22 bits per heavy atom. The van der Waals surface area contributed by atoms with E-state index in [0.717, 1.165) is 11.3 Å². The molecule has 2 amide bonds. The summed E-state index contributed by atoms with van der Waals surface area (Å²) in [6, 6.07) is 7.45. The van der Waals surface area contributed by atoms with Crippen molar-refractivity contribution in [1.29, 1.82) is 0 Å². The Labute approximate surface area is 107 Å². The van der Waals surface area contributed by atoms with Crippen LogP contribution in [0.5, 0.6) is 5.75 Å². The fourth-order valence-electron chi connectivity index (χ4n) is 1.35. The Morgan fingerprint density at radius 3 is 2.67 bits per heavy atom. The second-order valence-electron chi connectivity index (χ2n) is 3.76. The average molecular weight is 250 g/mol. The van der Waals surface area contributed by atoms with Crippen molar-refractivity contribution in [3.63, 3.8) is 0 Å². The van der Waals surface area contributed by atoms with Crippen molar-refractivity contribution < 1.29 is 14.3 Å². The van der Waals surface area contributed by atoms with Crippen molar-refractivity contribution in [1.82, 2.24) is 10.6 Å². The molecule has 0 radical (unpaired) electrons. The molecule has 5 heteroatoms. The first-order valence-electron chi connectivity index (χ1n) is 5.82. The van der Waals surface area contributed by atoms with Crippen LogP contribution in [0.25, 0.3) is 0 Å². The highest BCUT2D eigenvalue weighted by Crippen LogP contribution is 2.11. The van der Waals surface area contributed by atoms with Gasteiger partial charge >= 0.3 is 0 Å². The normalized spacial score (nSPS) is 9.67. The number of methoxy groups -OCH3 is 1. The van der Waals surface area contributed by atoms with Gasteiger partial charge in [-0.25, -0.2) is 0 Å². The van der Waals surface area contributed by atoms with Crippen LogP contribution < -0.4 is 15.4 Å². The largest absolute Gasteiger partial charge is 0.497 e. The van der Waals surface area contributed by atoms with Crippen LogP contribution in [0, 0.1) is 0 Å². The maximum absolute atomic E-state index is 11.4. The number of rotatable bonds is 6. The zero-order valence-corrected chi connectivity index (χ0v) is 10.7. The second-order valence-corrected chi connectivity index (χ2v) is 3.76. The number of carbonyl (C=O) groups excluding carboxylic acids is 2. The molecule has 0 aliphatic carbocycles. The molecular formula is C13H18N2O3. The summed E-state index contributed by atoms with van der Waals surface area (Å²) in [5, 5.41) is 5.24. The molecule has 0 atom stereocenters. The van der Waals surface area contributed by atoms with E-state index in [1.807, 2.05) is 24.3 Å². The predicted molar refractivity (Wildman–Crippen MR) is 68.1 cm³/mol. The smallest absolute Gasteiger partial charge is 0.239 e. The molecule has 5 nitrogen and oxygen atoms in total. The van der Waals surface area contributed by atoms with Crippen molar-refractivity contribution in [2.45, 2.75) is 19.9 Å². The lowest BCUT2D eigenvalue weighted by molar-refractivity contribution is -0.126. The standard InChI is InChI=1S/C13H18N2O3/c1-3-12(16)15-9-13(17)14-8-10-5-4-6-11(7-10)18-2/h4-7H,3,8-9H2,1-2H3,(H,14,17)(H,15,16). The van der Waals surface area contributed by atoms with Crippen LogP contribution in [-0.2, 0) is 16.1 Å². The number of amides is 2. The Kier molecular flexibility index (Phi) is 5.70. The summed E-state index contributed by atoms with van der Waals surface area (Å²) in [5.74, 6) is 0.409. The molecule has 0 saturated carbocycles. The molecular weight excluding hydrogens is 232 g/mol. The molecule has 0 bridgehead atoms. The van der Waals surface area contributed by atoms with Gasteiger partial charge in [-0.2, -0.15) is 0 Å². The number of hydrogen-bond donors (Lipinski definition) is 2. The first-order chi connectivity index (χ1) is 8.65. The summed E-state index contributed by atoms with van der Waals surface area (Å²) >= 11 is 0. The van der Waals surface area contributed by atoms with E-state index in [1.54, 1.807) is 14.0 Å². The molecule has 0 aliphatic heterocycles. The summed E-state index contributed by atoms with van der Waals surface area (Å²) in [6.07, 6.45) is 0.378. The lowest BCUT2D eigenvalue weighted by Gasteiger charge is -2.07. The van der Waals surface area contributed by atoms with Gasteiger partial charge in [-0.15, -0.1) is 0 Å². The maximum Gasteiger partial charge on any atom is 0.239 e. The van der Waals surface area contributed by atoms with Gasteiger partial charge in [-0.3, -0.25) is 9.59 Å². The molecule has 0 spiro atoms. The van der Waals surface area contributed by atoms with E-state index in [4.69, 9.17) is 4.74 Å². The van der Waals surface area contributed by atoms with Crippen LogP contribution in [0.1, 0.15) is 18.9 Å². The quantitative estimate of drug-likeness (QED) is 0.786. The van der Waals surface area contributed by atoms with E-state index in [1.165, 1.54) is 0 Å². The van der Waals surface area contributed by atoms with E-state index >= 15 is 0 Å². The maximum atomic E-state index is 11.4. The zero-order valence-electron chi connectivity index (χ0n) is 10.7. The molecule has 0 fully saturated rings. The average Bonchev–Trinajstić information content (AvgIpc) is 2.42. The summed E-state index contributed by atoms with van der Waals surface area (Å²) in [7, 11) is 1.60. The molecule has 0 aliphatic rings. The minimum absolute atomic E-state index is 0.0106. The Balaban J connectivity index is 2.35. The van der Waals surface area contributed by atoms with Gasteiger partial charge in [0.25, 0.3) is 0 Å². The van der Waals surface area contributed by atoms with E-state index in [9.17, 15) is 9.59 Å². The van der Waals surface area contributed by atoms with Crippen molar-refractivity contribution in [3.8, 4) is 5.75 Å². The number of hydrogen-bond acceptors (Lipinski definition) is 3. The van der Waals surface area contributed by atoms with Gasteiger partial charge in [-0.1, -0.05) is 19.1 Å². The molecule has 0 unspecified atom stereocenters. The van der Waals surface area contributed by atoms with E-state index < -0.39 is 0 Å². The monoisotopic (exact) mass is 250 g/mol.